The number of piperidine rings is 1. The fourth-order valence-corrected chi connectivity index (χ4v) is 3.70. The van der Waals surface area contributed by atoms with E-state index < -0.39 is 5.97 Å². The van der Waals surface area contributed by atoms with Crippen molar-refractivity contribution in [3.63, 3.8) is 0 Å². The molecule has 2 unspecified atom stereocenters. The Morgan fingerprint density at radius 1 is 1.42 bits per heavy atom. The number of amides is 1. The van der Waals surface area contributed by atoms with Gasteiger partial charge in [-0.15, -0.1) is 0 Å². The summed E-state index contributed by atoms with van der Waals surface area (Å²) in [4.78, 5) is 24.9. The minimum absolute atomic E-state index is 0.0445. The molecule has 2 aliphatic heterocycles. The fourth-order valence-electron chi connectivity index (χ4n) is 2.77. The summed E-state index contributed by atoms with van der Waals surface area (Å²) < 4.78 is 0. The molecule has 2 saturated heterocycles. The third kappa shape index (κ3) is 4.38. The van der Waals surface area contributed by atoms with Gasteiger partial charge in [-0.2, -0.15) is 11.8 Å². The molecule has 2 aliphatic rings. The van der Waals surface area contributed by atoms with Crippen molar-refractivity contribution in [1.82, 2.24) is 10.2 Å². The van der Waals surface area contributed by atoms with Crippen LogP contribution in [0.2, 0.25) is 0 Å². The third-order valence-corrected chi connectivity index (χ3v) is 4.88. The molecule has 2 N–H and O–H groups in total. The van der Waals surface area contributed by atoms with Crippen LogP contribution >= 0.6 is 11.8 Å². The lowest BCUT2D eigenvalue weighted by molar-refractivity contribution is -0.137. The smallest absolute Gasteiger partial charge is 0.303 e. The van der Waals surface area contributed by atoms with Crippen molar-refractivity contribution in [1.29, 1.82) is 0 Å². The van der Waals surface area contributed by atoms with Crippen molar-refractivity contribution < 1.29 is 14.7 Å². The molecule has 0 aromatic carbocycles. The predicted molar refractivity (Wildman–Crippen MR) is 75.3 cm³/mol. The molecule has 0 aliphatic carbocycles. The summed E-state index contributed by atoms with van der Waals surface area (Å²) >= 11 is 1.82. The van der Waals surface area contributed by atoms with E-state index in [2.05, 4.69) is 5.32 Å². The normalized spacial score (nSPS) is 28.1. The number of nitrogens with one attached hydrogen (secondary N) is 1. The molecular weight excluding hydrogens is 264 g/mol. The summed E-state index contributed by atoms with van der Waals surface area (Å²) in [6.07, 6.45) is 2.94. The largest absolute Gasteiger partial charge is 0.481 e. The number of aliphatic carboxylic acids is 1. The number of carboxylic acids is 1. The zero-order valence-corrected chi connectivity index (χ0v) is 12.0. The molecule has 0 saturated carbocycles. The van der Waals surface area contributed by atoms with Gasteiger partial charge in [-0.1, -0.05) is 0 Å². The fraction of sp³-hybridized carbons (Fsp3) is 0.846. The summed E-state index contributed by atoms with van der Waals surface area (Å²) in [6, 6.07) is -0.0445. The van der Waals surface area contributed by atoms with E-state index in [-0.39, 0.29) is 18.4 Å². The average molecular weight is 286 g/mol. The molecule has 6 heteroatoms. The van der Waals surface area contributed by atoms with Crippen molar-refractivity contribution in [2.75, 3.05) is 31.1 Å². The van der Waals surface area contributed by atoms with Crippen LogP contribution in [-0.2, 0) is 9.59 Å². The predicted octanol–water partition coefficient (Wildman–Crippen LogP) is 0.795. The van der Waals surface area contributed by atoms with Crippen LogP contribution in [0.3, 0.4) is 0 Å². The Morgan fingerprint density at radius 2 is 2.26 bits per heavy atom. The first-order chi connectivity index (χ1) is 9.16. The highest BCUT2D eigenvalue weighted by molar-refractivity contribution is 7.99. The zero-order chi connectivity index (χ0) is 13.7. The SMILES string of the molecule is O=C(O)CCC1CCCN(C(=O)C2CSCCN2)C1. The number of carbonyl (C=O) groups excluding carboxylic acids is 1. The van der Waals surface area contributed by atoms with Crippen LogP contribution in [0, 0.1) is 5.92 Å². The van der Waals surface area contributed by atoms with Crippen LogP contribution in [0.25, 0.3) is 0 Å². The van der Waals surface area contributed by atoms with Gasteiger partial charge in [-0.3, -0.25) is 9.59 Å². The Kier molecular flexibility index (Phi) is 5.51. The van der Waals surface area contributed by atoms with Crippen molar-refractivity contribution in [2.45, 2.75) is 31.7 Å². The van der Waals surface area contributed by atoms with Crippen molar-refractivity contribution >= 4 is 23.6 Å². The first-order valence-corrected chi connectivity index (χ1v) is 8.14. The van der Waals surface area contributed by atoms with E-state index in [4.69, 9.17) is 5.11 Å². The molecular formula is C13H22N2O3S. The van der Waals surface area contributed by atoms with E-state index in [9.17, 15) is 9.59 Å². The van der Waals surface area contributed by atoms with E-state index in [0.717, 1.165) is 44.0 Å². The van der Waals surface area contributed by atoms with Gasteiger partial charge in [-0.25, -0.2) is 0 Å². The van der Waals surface area contributed by atoms with E-state index in [0.29, 0.717) is 12.3 Å². The van der Waals surface area contributed by atoms with Crippen LogP contribution in [0.4, 0.5) is 0 Å². The highest BCUT2D eigenvalue weighted by Crippen LogP contribution is 2.22. The summed E-state index contributed by atoms with van der Waals surface area (Å²) in [7, 11) is 0. The molecule has 5 nitrogen and oxygen atoms in total. The lowest BCUT2D eigenvalue weighted by Gasteiger charge is -2.36. The second-order valence-corrected chi connectivity index (χ2v) is 6.46. The molecule has 108 valence electrons. The van der Waals surface area contributed by atoms with Gasteiger partial charge in [0.15, 0.2) is 0 Å². The molecule has 1 amide bonds. The van der Waals surface area contributed by atoms with Crippen molar-refractivity contribution in [3.8, 4) is 0 Å². The van der Waals surface area contributed by atoms with Gasteiger partial charge < -0.3 is 15.3 Å². The van der Waals surface area contributed by atoms with Crippen molar-refractivity contribution in [3.05, 3.63) is 0 Å². The molecule has 0 bridgehead atoms. The number of likely N-dealkylation sites (tertiary alicyclic amines) is 1. The number of rotatable bonds is 4. The number of carboxylic acid groups (broad SMARTS) is 1. The van der Waals surface area contributed by atoms with Crippen molar-refractivity contribution in [2.24, 2.45) is 5.92 Å². The Labute approximate surface area is 118 Å². The standard InChI is InChI=1S/C13H22N2O3S/c16-12(17)4-3-10-2-1-6-15(8-10)13(18)11-9-19-7-5-14-11/h10-11,14H,1-9H2,(H,16,17). The Bertz CT molecular complexity index is 332. The summed E-state index contributed by atoms with van der Waals surface area (Å²) in [5, 5.41) is 12.0. The number of hydrogen-bond donors (Lipinski definition) is 2. The maximum atomic E-state index is 12.4. The maximum absolute atomic E-state index is 12.4. The van der Waals surface area contributed by atoms with E-state index in [1.54, 1.807) is 0 Å². The van der Waals surface area contributed by atoms with Gasteiger partial charge in [0.1, 0.15) is 0 Å². The van der Waals surface area contributed by atoms with Gasteiger partial charge in [0.05, 0.1) is 6.04 Å². The molecule has 19 heavy (non-hydrogen) atoms. The van der Waals surface area contributed by atoms with Gasteiger partial charge in [0, 0.05) is 37.6 Å². The van der Waals surface area contributed by atoms with Crippen LogP contribution in [0.5, 0.6) is 0 Å². The highest BCUT2D eigenvalue weighted by Gasteiger charge is 2.29. The monoisotopic (exact) mass is 286 g/mol. The van der Waals surface area contributed by atoms with E-state index >= 15 is 0 Å². The quantitative estimate of drug-likeness (QED) is 0.800. The molecule has 2 atom stereocenters. The number of carbonyl (C=O) groups is 2. The van der Waals surface area contributed by atoms with E-state index in [1.807, 2.05) is 16.7 Å². The van der Waals surface area contributed by atoms with E-state index in [1.165, 1.54) is 0 Å². The van der Waals surface area contributed by atoms with Crippen LogP contribution < -0.4 is 5.32 Å². The maximum Gasteiger partial charge on any atom is 0.303 e. The number of nitrogens with zero attached hydrogens (tertiary/aromatic N) is 1. The molecule has 0 aromatic heterocycles. The third-order valence-electron chi connectivity index (χ3n) is 3.82. The molecule has 2 rings (SSSR count). The van der Waals surface area contributed by atoms with Crippen LogP contribution in [0.1, 0.15) is 25.7 Å². The summed E-state index contributed by atoms with van der Waals surface area (Å²) in [6.45, 7) is 2.46. The minimum Gasteiger partial charge on any atom is -0.481 e. The van der Waals surface area contributed by atoms with Crippen LogP contribution in [-0.4, -0.2) is 59.1 Å². The Morgan fingerprint density at radius 3 is 2.95 bits per heavy atom. The average Bonchev–Trinajstić information content (AvgIpc) is 2.45. The molecule has 0 spiro atoms. The Balaban J connectivity index is 1.82. The second-order valence-electron chi connectivity index (χ2n) is 5.31. The summed E-state index contributed by atoms with van der Waals surface area (Å²) in [5.41, 5.74) is 0. The highest BCUT2D eigenvalue weighted by atomic mass is 32.2. The lowest BCUT2D eigenvalue weighted by Crippen LogP contribution is -2.52. The van der Waals surface area contributed by atoms with Gasteiger partial charge in [0.2, 0.25) is 5.91 Å². The Hall–Kier alpha value is -0.750. The minimum atomic E-state index is -0.742. The number of hydrogen-bond acceptors (Lipinski definition) is 4. The summed E-state index contributed by atoms with van der Waals surface area (Å²) in [5.74, 6) is 1.74. The molecule has 2 fully saturated rings. The van der Waals surface area contributed by atoms with Gasteiger partial charge in [0.25, 0.3) is 0 Å². The second kappa shape index (κ2) is 7.14. The topological polar surface area (TPSA) is 69.6 Å². The van der Waals surface area contributed by atoms with Gasteiger partial charge in [-0.05, 0) is 25.2 Å². The number of thioether (sulfide) groups is 1. The molecule has 0 aromatic rings. The molecule has 0 radical (unpaired) electrons. The lowest BCUT2D eigenvalue weighted by atomic mass is 9.93. The first kappa shape index (κ1) is 14.7. The van der Waals surface area contributed by atoms with Crippen LogP contribution in [0.15, 0.2) is 0 Å². The first-order valence-electron chi connectivity index (χ1n) is 6.98. The zero-order valence-electron chi connectivity index (χ0n) is 11.1. The molecule has 2 heterocycles. The van der Waals surface area contributed by atoms with Gasteiger partial charge >= 0.3 is 5.97 Å².